The number of nitrogens with zero attached hydrogens (tertiary/aromatic N) is 2. The summed E-state index contributed by atoms with van der Waals surface area (Å²) in [5.41, 5.74) is 2.28. The monoisotopic (exact) mass is 200 g/mol. The van der Waals surface area contributed by atoms with Crippen molar-refractivity contribution in [1.82, 2.24) is 9.97 Å². The van der Waals surface area contributed by atoms with E-state index in [-0.39, 0.29) is 0 Å². The standard InChI is InChI=1S/C13H16N2/c1-4-11-7-10-5-6-14-13(9(2)3)12(10)8-15-11/h5-9H,4H2,1-3H3. The van der Waals surface area contributed by atoms with Gasteiger partial charge in [0.05, 0.1) is 5.69 Å². The molecular weight excluding hydrogens is 184 g/mol. The number of hydrogen-bond acceptors (Lipinski definition) is 2. The second-order valence-corrected chi connectivity index (χ2v) is 4.10. The topological polar surface area (TPSA) is 25.8 Å². The SMILES string of the molecule is CCc1cc2ccnc(C(C)C)c2cn1. The Hall–Kier alpha value is -1.44. The molecule has 2 aromatic rings. The van der Waals surface area contributed by atoms with Crippen LogP contribution >= 0.6 is 0 Å². The van der Waals surface area contributed by atoms with Crippen molar-refractivity contribution in [2.45, 2.75) is 33.1 Å². The zero-order valence-electron chi connectivity index (χ0n) is 9.49. The number of fused-ring (bicyclic) bond motifs is 1. The van der Waals surface area contributed by atoms with Gasteiger partial charge in [-0.2, -0.15) is 0 Å². The molecule has 0 bridgehead atoms. The summed E-state index contributed by atoms with van der Waals surface area (Å²) in [6.45, 7) is 6.45. The molecule has 0 amide bonds. The highest BCUT2D eigenvalue weighted by atomic mass is 14.7. The minimum atomic E-state index is 0.447. The number of pyridine rings is 2. The number of aryl methyl sites for hydroxylation is 1. The van der Waals surface area contributed by atoms with Crippen molar-refractivity contribution in [1.29, 1.82) is 0 Å². The zero-order valence-corrected chi connectivity index (χ0v) is 9.49. The molecule has 0 N–H and O–H groups in total. The zero-order chi connectivity index (χ0) is 10.8. The fourth-order valence-corrected chi connectivity index (χ4v) is 1.79. The lowest BCUT2D eigenvalue weighted by Gasteiger charge is -2.08. The first-order chi connectivity index (χ1) is 7.22. The smallest absolute Gasteiger partial charge is 0.0522 e. The summed E-state index contributed by atoms with van der Waals surface area (Å²) in [5.74, 6) is 0.447. The molecule has 0 saturated heterocycles. The largest absolute Gasteiger partial charge is 0.261 e. The van der Waals surface area contributed by atoms with E-state index in [0.717, 1.165) is 17.8 Å². The first-order valence-electron chi connectivity index (χ1n) is 5.46. The van der Waals surface area contributed by atoms with Crippen molar-refractivity contribution in [3.8, 4) is 0 Å². The van der Waals surface area contributed by atoms with Gasteiger partial charge in [-0.15, -0.1) is 0 Å². The summed E-state index contributed by atoms with van der Waals surface area (Å²) < 4.78 is 0. The first kappa shape index (κ1) is 10.1. The van der Waals surface area contributed by atoms with Crippen LogP contribution in [0.15, 0.2) is 24.5 Å². The second kappa shape index (κ2) is 3.97. The van der Waals surface area contributed by atoms with Crippen LogP contribution < -0.4 is 0 Å². The van der Waals surface area contributed by atoms with Crippen molar-refractivity contribution in [2.24, 2.45) is 0 Å². The Bertz CT molecular complexity index is 475. The summed E-state index contributed by atoms with van der Waals surface area (Å²) in [5, 5.41) is 2.44. The van der Waals surface area contributed by atoms with E-state index in [1.54, 1.807) is 0 Å². The molecule has 0 fully saturated rings. The molecule has 78 valence electrons. The molecule has 15 heavy (non-hydrogen) atoms. The van der Waals surface area contributed by atoms with Crippen LogP contribution in [0.4, 0.5) is 0 Å². The molecule has 0 aromatic carbocycles. The van der Waals surface area contributed by atoms with Crippen molar-refractivity contribution in [3.63, 3.8) is 0 Å². The molecule has 2 rings (SSSR count). The highest BCUT2D eigenvalue weighted by Gasteiger charge is 2.06. The molecule has 2 aromatic heterocycles. The van der Waals surface area contributed by atoms with Crippen LogP contribution in [0.25, 0.3) is 10.8 Å². The average Bonchev–Trinajstić information content (AvgIpc) is 2.27. The minimum absolute atomic E-state index is 0.447. The maximum Gasteiger partial charge on any atom is 0.0522 e. The Morgan fingerprint density at radius 1 is 1.27 bits per heavy atom. The van der Waals surface area contributed by atoms with E-state index < -0.39 is 0 Å². The van der Waals surface area contributed by atoms with Crippen LogP contribution in [-0.4, -0.2) is 9.97 Å². The third kappa shape index (κ3) is 1.84. The molecule has 2 heteroatoms. The molecule has 0 aliphatic carbocycles. The molecule has 0 spiro atoms. The Kier molecular flexibility index (Phi) is 2.67. The van der Waals surface area contributed by atoms with Gasteiger partial charge in [0.25, 0.3) is 0 Å². The lowest BCUT2D eigenvalue weighted by Crippen LogP contribution is -1.95. The second-order valence-electron chi connectivity index (χ2n) is 4.10. The molecule has 0 radical (unpaired) electrons. The van der Waals surface area contributed by atoms with Crippen molar-refractivity contribution >= 4 is 10.8 Å². The van der Waals surface area contributed by atoms with Gasteiger partial charge in [0, 0.05) is 23.5 Å². The van der Waals surface area contributed by atoms with E-state index in [2.05, 4.69) is 42.9 Å². The third-order valence-corrected chi connectivity index (χ3v) is 2.65. The Morgan fingerprint density at radius 2 is 2.07 bits per heavy atom. The number of rotatable bonds is 2. The first-order valence-corrected chi connectivity index (χ1v) is 5.46. The molecule has 0 aliphatic rings. The Balaban J connectivity index is 2.67. The molecule has 0 saturated carbocycles. The predicted molar refractivity (Wildman–Crippen MR) is 63.0 cm³/mol. The summed E-state index contributed by atoms with van der Waals surface area (Å²) in [6.07, 6.45) is 4.82. The van der Waals surface area contributed by atoms with E-state index in [9.17, 15) is 0 Å². The summed E-state index contributed by atoms with van der Waals surface area (Å²) in [6, 6.07) is 4.21. The van der Waals surface area contributed by atoms with E-state index in [4.69, 9.17) is 0 Å². The lowest BCUT2D eigenvalue weighted by molar-refractivity contribution is 0.833. The van der Waals surface area contributed by atoms with Gasteiger partial charge < -0.3 is 0 Å². The normalized spacial score (nSPS) is 11.2. The maximum atomic E-state index is 4.43. The molecule has 2 nitrogen and oxygen atoms in total. The molecule has 2 heterocycles. The average molecular weight is 200 g/mol. The molecular formula is C13H16N2. The van der Waals surface area contributed by atoms with Crippen LogP contribution in [0.5, 0.6) is 0 Å². The Morgan fingerprint density at radius 3 is 2.73 bits per heavy atom. The van der Waals surface area contributed by atoms with Gasteiger partial charge in [-0.05, 0) is 29.9 Å². The van der Waals surface area contributed by atoms with Crippen LogP contribution in [0.3, 0.4) is 0 Å². The van der Waals surface area contributed by atoms with Gasteiger partial charge >= 0.3 is 0 Å². The molecule has 0 atom stereocenters. The summed E-state index contributed by atoms with van der Waals surface area (Å²) >= 11 is 0. The number of hydrogen-bond donors (Lipinski definition) is 0. The van der Waals surface area contributed by atoms with E-state index in [1.807, 2.05) is 12.4 Å². The van der Waals surface area contributed by atoms with Crippen molar-refractivity contribution < 1.29 is 0 Å². The van der Waals surface area contributed by atoms with Gasteiger partial charge in [0.2, 0.25) is 0 Å². The van der Waals surface area contributed by atoms with E-state index in [0.29, 0.717) is 5.92 Å². The number of aromatic nitrogens is 2. The predicted octanol–water partition coefficient (Wildman–Crippen LogP) is 3.32. The molecule has 0 aliphatic heterocycles. The van der Waals surface area contributed by atoms with Crippen LogP contribution in [-0.2, 0) is 6.42 Å². The Labute approximate surface area is 90.4 Å². The minimum Gasteiger partial charge on any atom is -0.261 e. The summed E-state index contributed by atoms with van der Waals surface area (Å²) in [7, 11) is 0. The highest BCUT2D eigenvalue weighted by Crippen LogP contribution is 2.22. The van der Waals surface area contributed by atoms with E-state index >= 15 is 0 Å². The molecule has 0 unspecified atom stereocenters. The fourth-order valence-electron chi connectivity index (χ4n) is 1.79. The highest BCUT2D eigenvalue weighted by molar-refractivity contribution is 5.84. The maximum absolute atomic E-state index is 4.43. The van der Waals surface area contributed by atoms with Crippen LogP contribution in [0.2, 0.25) is 0 Å². The van der Waals surface area contributed by atoms with Crippen molar-refractivity contribution in [2.75, 3.05) is 0 Å². The van der Waals surface area contributed by atoms with Crippen LogP contribution in [0, 0.1) is 0 Å². The van der Waals surface area contributed by atoms with E-state index in [1.165, 1.54) is 10.8 Å². The summed E-state index contributed by atoms with van der Waals surface area (Å²) in [4.78, 5) is 8.85. The van der Waals surface area contributed by atoms with Gasteiger partial charge in [0.1, 0.15) is 0 Å². The van der Waals surface area contributed by atoms with Gasteiger partial charge in [-0.25, -0.2) is 0 Å². The van der Waals surface area contributed by atoms with Crippen LogP contribution in [0.1, 0.15) is 38.1 Å². The van der Waals surface area contributed by atoms with Gasteiger partial charge in [-0.1, -0.05) is 20.8 Å². The van der Waals surface area contributed by atoms with Crippen molar-refractivity contribution in [3.05, 3.63) is 35.9 Å². The van der Waals surface area contributed by atoms with Gasteiger partial charge in [0.15, 0.2) is 0 Å². The lowest BCUT2D eigenvalue weighted by atomic mass is 10.0. The van der Waals surface area contributed by atoms with Gasteiger partial charge in [-0.3, -0.25) is 9.97 Å². The quantitative estimate of drug-likeness (QED) is 0.743. The third-order valence-electron chi connectivity index (χ3n) is 2.65. The fraction of sp³-hybridized carbons (Fsp3) is 0.385.